The van der Waals surface area contributed by atoms with Crippen molar-refractivity contribution < 1.29 is 4.79 Å². The Hall–Kier alpha value is -3.98. The number of carbonyl (C=O) groups excluding carboxylic acids is 1. The minimum Gasteiger partial charge on any atom is -0.405 e. The number of nitrogens with two attached hydrogens (primary N) is 1. The molecule has 3 aromatic carbocycles. The number of hydrogen-bond acceptors (Lipinski definition) is 3. The van der Waals surface area contributed by atoms with Crippen LogP contribution in [0.4, 0.5) is 0 Å². The van der Waals surface area contributed by atoms with Crippen molar-refractivity contribution in [3.8, 4) is 11.1 Å². The molecule has 4 aromatic rings. The van der Waals surface area contributed by atoms with E-state index >= 15 is 0 Å². The monoisotopic (exact) mass is 478 g/mol. The fourth-order valence-electron chi connectivity index (χ4n) is 4.02. The van der Waals surface area contributed by atoms with Crippen molar-refractivity contribution >= 4 is 16.7 Å². The first kappa shape index (κ1) is 28.3. The number of hydrogen-bond donors (Lipinski definition) is 1. The zero-order chi connectivity index (χ0) is 26.7. The molecule has 0 saturated carbocycles. The average molecular weight is 479 g/mol. The molecule has 0 aliphatic carbocycles. The number of rotatable bonds is 6. The van der Waals surface area contributed by atoms with Crippen molar-refractivity contribution in [2.24, 2.45) is 5.73 Å². The number of aromatic nitrogens is 1. The van der Waals surface area contributed by atoms with Gasteiger partial charge >= 0.3 is 0 Å². The van der Waals surface area contributed by atoms with Gasteiger partial charge in [0.25, 0.3) is 0 Å². The molecule has 0 aliphatic heterocycles. The molecule has 0 radical (unpaired) electrons. The number of ketones is 1. The standard InChI is InChI=1S/C29H27NO.C2H5N.C2H6/c1-19(2)25(16-22-12-10-20(3)11-13-22)29-18-26(21(4)31)27-17-24(14-15-28(27)30-29)23-8-6-5-7-9-23;1-2-3;1-2/h5-15,17-18,25H,1,16H2,2-4H3;2H,1,3H2;1-2H3. The van der Waals surface area contributed by atoms with E-state index in [0.29, 0.717) is 5.56 Å². The number of carbonyl (C=O) groups is 1. The van der Waals surface area contributed by atoms with Crippen LogP contribution >= 0.6 is 0 Å². The number of aryl methyl sites for hydroxylation is 1. The van der Waals surface area contributed by atoms with Crippen LogP contribution in [-0.4, -0.2) is 10.8 Å². The average Bonchev–Trinajstić information content (AvgIpc) is 2.89. The highest BCUT2D eigenvalue weighted by Crippen LogP contribution is 2.32. The number of fused-ring (bicyclic) bond motifs is 1. The highest BCUT2D eigenvalue weighted by Gasteiger charge is 2.19. The first-order chi connectivity index (χ1) is 17.3. The highest BCUT2D eigenvalue weighted by atomic mass is 16.1. The Balaban J connectivity index is 0.000000850. The summed E-state index contributed by atoms with van der Waals surface area (Å²) in [5.74, 6) is 0.105. The van der Waals surface area contributed by atoms with Gasteiger partial charge in [-0.3, -0.25) is 9.78 Å². The molecule has 1 unspecified atom stereocenters. The van der Waals surface area contributed by atoms with Gasteiger partial charge in [-0.05, 0) is 68.3 Å². The van der Waals surface area contributed by atoms with Crippen molar-refractivity contribution in [3.63, 3.8) is 0 Å². The lowest BCUT2D eigenvalue weighted by atomic mass is 9.88. The zero-order valence-corrected chi connectivity index (χ0v) is 22.2. The summed E-state index contributed by atoms with van der Waals surface area (Å²) in [5, 5.41) is 0.897. The number of Topliss-reactive ketones (excluding diaryl/α,β-unsaturated/α-hetero) is 1. The van der Waals surface area contributed by atoms with Crippen molar-refractivity contribution in [1.29, 1.82) is 0 Å². The quantitative estimate of drug-likeness (QED) is 0.223. The second-order valence-corrected chi connectivity index (χ2v) is 8.57. The Morgan fingerprint density at radius 1 is 0.944 bits per heavy atom. The van der Waals surface area contributed by atoms with Crippen LogP contribution in [-0.2, 0) is 6.42 Å². The van der Waals surface area contributed by atoms with Crippen LogP contribution in [0.2, 0.25) is 0 Å². The van der Waals surface area contributed by atoms with Gasteiger partial charge < -0.3 is 5.73 Å². The number of nitrogens with zero attached hydrogens (tertiary/aromatic N) is 1. The Kier molecular flexibility index (Phi) is 10.8. The lowest BCUT2D eigenvalue weighted by molar-refractivity contribution is 0.101. The predicted molar refractivity (Wildman–Crippen MR) is 155 cm³/mol. The fourth-order valence-corrected chi connectivity index (χ4v) is 4.02. The third-order valence-electron chi connectivity index (χ3n) is 5.83. The first-order valence-electron chi connectivity index (χ1n) is 12.4. The summed E-state index contributed by atoms with van der Waals surface area (Å²) < 4.78 is 0. The summed E-state index contributed by atoms with van der Waals surface area (Å²) in [6, 6.07) is 26.9. The summed E-state index contributed by atoms with van der Waals surface area (Å²) in [5.41, 5.74) is 12.8. The largest absolute Gasteiger partial charge is 0.405 e. The molecule has 0 saturated heterocycles. The van der Waals surface area contributed by atoms with Gasteiger partial charge in [-0.15, -0.1) is 0 Å². The normalized spacial score (nSPS) is 10.8. The minimum atomic E-state index is 0.0506. The topological polar surface area (TPSA) is 56.0 Å². The molecule has 36 heavy (non-hydrogen) atoms. The molecule has 1 atom stereocenters. The number of benzene rings is 3. The van der Waals surface area contributed by atoms with Crippen molar-refractivity contribution in [1.82, 2.24) is 4.98 Å². The molecule has 1 heterocycles. The molecule has 0 spiro atoms. The molecule has 0 bridgehead atoms. The predicted octanol–water partition coefficient (Wildman–Crippen LogP) is 8.43. The van der Waals surface area contributed by atoms with Gasteiger partial charge in [-0.2, -0.15) is 0 Å². The molecular weight excluding hydrogens is 440 g/mol. The lowest BCUT2D eigenvalue weighted by Gasteiger charge is -2.19. The van der Waals surface area contributed by atoms with Crippen LogP contribution in [0.1, 0.15) is 60.8 Å². The second kappa shape index (κ2) is 13.8. The first-order valence-corrected chi connectivity index (χ1v) is 12.4. The fraction of sp³-hybridized carbons (Fsp3) is 0.212. The maximum atomic E-state index is 12.6. The number of pyridine rings is 1. The van der Waals surface area contributed by atoms with Crippen molar-refractivity contribution in [2.45, 2.75) is 47.0 Å². The summed E-state index contributed by atoms with van der Waals surface area (Å²) in [4.78, 5) is 17.6. The zero-order valence-electron chi connectivity index (χ0n) is 22.2. The van der Waals surface area contributed by atoms with Crippen LogP contribution in [0.5, 0.6) is 0 Å². The van der Waals surface area contributed by atoms with Gasteiger partial charge in [0, 0.05) is 22.6 Å². The summed E-state index contributed by atoms with van der Waals surface area (Å²) in [6.07, 6.45) is 2.06. The van der Waals surface area contributed by atoms with E-state index in [1.165, 1.54) is 17.3 Å². The SMILES string of the molecule is C=C(C)C(Cc1ccc(C)cc1)c1cc(C(C)=O)c2cc(-c3ccccc3)ccc2n1.C=CN.CC. The van der Waals surface area contributed by atoms with Gasteiger partial charge in [0.1, 0.15) is 0 Å². The maximum Gasteiger partial charge on any atom is 0.160 e. The van der Waals surface area contributed by atoms with Crippen LogP contribution in [0.3, 0.4) is 0 Å². The maximum absolute atomic E-state index is 12.6. The summed E-state index contributed by atoms with van der Waals surface area (Å²) >= 11 is 0. The van der Waals surface area contributed by atoms with Gasteiger partial charge in [0.05, 0.1) is 5.52 Å². The van der Waals surface area contributed by atoms with Crippen LogP contribution < -0.4 is 5.73 Å². The minimum absolute atomic E-state index is 0.0506. The van der Waals surface area contributed by atoms with Crippen LogP contribution in [0, 0.1) is 6.92 Å². The molecule has 0 aliphatic rings. The van der Waals surface area contributed by atoms with E-state index in [2.05, 4.69) is 74.3 Å². The van der Waals surface area contributed by atoms with Crippen molar-refractivity contribution in [2.75, 3.05) is 0 Å². The molecule has 0 fully saturated rings. The lowest BCUT2D eigenvalue weighted by Crippen LogP contribution is -2.09. The van der Waals surface area contributed by atoms with E-state index in [0.717, 1.165) is 39.7 Å². The van der Waals surface area contributed by atoms with Gasteiger partial charge in [0.15, 0.2) is 5.78 Å². The van der Waals surface area contributed by atoms with E-state index in [4.69, 9.17) is 4.98 Å². The smallest absolute Gasteiger partial charge is 0.160 e. The van der Waals surface area contributed by atoms with Gasteiger partial charge in [-0.1, -0.05) is 98.8 Å². The molecule has 3 heteroatoms. The summed E-state index contributed by atoms with van der Waals surface area (Å²) in [7, 11) is 0. The Morgan fingerprint density at radius 2 is 1.56 bits per heavy atom. The van der Waals surface area contributed by atoms with Crippen LogP contribution in [0.25, 0.3) is 22.0 Å². The van der Waals surface area contributed by atoms with E-state index in [9.17, 15) is 4.79 Å². The van der Waals surface area contributed by atoms with Gasteiger partial charge in [0.2, 0.25) is 0 Å². The second-order valence-electron chi connectivity index (χ2n) is 8.57. The number of allylic oxidation sites excluding steroid dienone is 1. The molecule has 1 aromatic heterocycles. The van der Waals surface area contributed by atoms with Crippen molar-refractivity contribution in [3.05, 3.63) is 126 Å². The van der Waals surface area contributed by atoms with E-state index in [1.54, 1.807) is 6.92 Å². The Morgan fingerprint density at radius 3 is 2.11 bits per heavy atom. The van der Waals surface area contributed by atoms with Gasteiger partial charge in [-0.25, -0.2) is 0 Å². The molecule has 2 N–H and O–H groups in total. The molecule has 4 rings (SSSR count). The van der Waals surface area contributed by atoms with Crippen LogP contribution in [0.15, 0.2) is 104 Å². The molecule has 186 valence electrons. The van der Waals surface area contributed by atoms with E-state index in [1.807, 2.05) is 51.1 Å². The third-order valence-corrected chi connectivity index (χ3v) is 5.83. The Labute approximate surface area is 216 Å². The van der Waals surface area contributed by atoms with E-state index < -0.39 is 0 Å². The highest BCUT2D eigenvalue weighted by molar-refractivity contribution is 6.07. The molecule has 0 amide bonds. The summed E-state index contributed by atoms with van der Waals surface area (Å²) in [6.45, 7) is 17.1. The molecular formula is C33H38N2O. The third kappa shape index (κ3) is 7.26. The van der Waals surface area contributed by atoms with E-state index in [-0.39, 0.29) is 11.7 Å². The Bertz CT molecular complexity index is 1310. The molecule has 3 nitrogen and oxygen atoms in total.